The lowest BCUT2D eigenvalue weighted by Crippen LogP contribution is -2.37. The molecule has 0 bridgehead atoms. The first-order valence-electron chi connectivity index (χ1n) is 7.31. The first-order chi connectivity index (χ1) is 9.46. The summed E-state index contributed by atoms with van der Waals surface area (Å²) in [6.45, 7) is 9.69. The van der Waals surface area contributed by atoms with Crippen LogP contribution in [-0.4, -0.2) is 25.5 Å². The van der Waals surface area contributed by atoms with Crippen molar-refractivity contribution >= 4 is 11.6 Å². The molecule has 1 aromatic rings. The fourth-order valence-corrected chi connectivity index (χ4v) is 2.82. The van der Waals surface area contributed by atoms with Gasteiger partial charge in [0.1, 0.15) is 0 Å². The molecule has 1 fully saturated rings. The van der Waals surface area contributed by atoms with E-state index in [0.29, 0.717) is 0 Å². The molecular weight excluding hydrogens is 250 g/mol. The number of benzene rings is 1. The van der Waals surface area contributed by atoms with E-state index in [0.717, 1.165) is 32.6 Å². The number of hydrogen-bond acceptors (Lipinski definition) is 3. The summed E-state index contributed by atoms with van der Waals surface area (Å²) in [6, 6.07) is 6.54. The van der Waals surface area contributed by atoms with Gasteiger partial charge in [0.25, 0.3) is 0 Å². The van der Waals surface area contributed by atoms with Gasteiger partial charge in [-0.25, -0.2) is 0 Å². The van der Waals surface area contributed by atoms with Crippen molar-refractivity contribution in [1.29, 1.82) is 0 Å². The highest BCUT2D eigenvalue weighted by molar-refractivity contribution is 5.82. The molecule has 0 saturated carbocycles. The average molecular weight is 275 g/mol. The number of carbonyl (C=O) groups excluding carboxylic acids is 1. The molecule has 1 aromatic carbocycles. The normalized spacial score (nSPS) is 22.2. The molecular formula is C16H25N3O. The Morgan fingerprint density at radius 1 is 1.50 bits per heavy atom. The van der Waals surface area contributed by atoms with Gasteiger partial charge in [-0.1, -0.05) is 19.1 Å². The Bertz CT molecular complexity index is 500. The Morgan fingerprint density at radius 2 is 2.25 bits per heavy atom. The summed E-state index contributed by atoms with van der Waals surface area (Å²) in [5.41, 5.74) is 8.89. The van der Waals surface area contributed by atoms with Crippen molar-refractivity contribution in [3.05, 3.63) is 29.3 Å². The topological polar surface area (TPSA) is 58.4 Å². The average Bonchev–Trinajstić information content (AvgIpc) is 2.80. The fraction of sp³-hybridized carbons (Fsp3) is 0.562. The molecule has 0 aliphatic carbocycles. The zero-order valence-corrected chi connectivity index (χ0v) is 12.7. The number of nitrogens with zero attached hydrogens (tertiary/aromatic N) is 1. The molecule has 3 N–H and O–H groups in total. The van der Waals surface area contributed by atoms with Crippen LogP contribution in [0.3, 0.4) is 0 Å². The number of primary amides is 1. The summed E-state index contributed by atoms with van der Waals surface area (Å²) in [4.78, 5) is 13.8. The molecule has 0 spiro atoms. The maximum Gasteiger partial charge on any atom is 0.225 e. The highest BCUT2D eigenvalue weighted by atomic mass is 16.1. The first-order valence-corrected chi connectivity index (χ1v) is 7.31. The van der Waals surface area contributed by atoms with Gasteiger partial charge in [-0.05, 0) is 44.0 Å². The molecule has 1 amide bonds. The van der Waals surface area contributed by atoms with E-state index in [-0.39, 0.29) is 5.91 Å². The largest absolute Gasteiger partial charge is 0.370 e. The molecule has 20 heavy (non-hydrogen) atoms. The summed E-state index contributed by atoms with van der Waals surface area (Å²) in [5.74, 6) is -0.193. The van der Waals surface area contributed by atoms with E-state index < -0.39 is 5.41 Å². The Kier molecular flexibility index (Phi) is 4.33. The van der Waals surface area contributed by atoms with Gasteiger partial charge < -0.3 is 16.0 Å². The van der Waals surface area contributed by atoms with Crippen LogP contribution in [0.4, 0.5) is 5.69 Å². The van der Waals surface area contributed by atoms with Crippen molar-refractivity contribution < 1.29 is 4.79 Å². The van der Waals surface area contributed by atoms with Crippen LogP contribution in [-0.2, 0) is 11.3 Å². The number of anilines is 1. The Labute approximate surface area is 121 Å². The van der Waals surface area contributed by atoms with Gasteiger partial charge in [0.05, 0.1) is 5.41 Å². The van der Waals surface area contributed by atoms with Crippen LogP contribution in [0.5, 0.6) is 0 Å². The van der Waals surface area contributed by atoms with Crippen LogP contribution >= 0.6 is 0 Å². The number of nitrogens with two attached hydrogens (primary N) is 1. The van der Waals surface area contributed by atoms with Gasteiger partial charge in [-0.2, -0.15) is 0 Å². The van der Waals surface area contributed by atoms with Gasteiger partial charge in [0.15, 0.2) is 0 Å². The van der Waals surface area contributed by atoms with E-state index in [9.17, 15) is 4.79 Å². The van der Waals surface area contributed by atoms with Crippen LogP contribution in [0.25, 0.3) is 0 Å². The van der Waals surface area contributed by atoms with E-state index in [1.54, 1.807) is 0 Å². The third-order valence-electron chi connectivity index (χ3n) is 4.25. The number of hydrogen-bond donors (Lipinski definition) is 2. The Morgan fingerprint density at radius 3 is 2.80 bits per heavy atom. The SMILES string of the molecule is CCNCc1ccc(N2CCC(C)(C(N)=O)C2)c(C)c1. The van der Waals surface area contributed by atoms with Crippen molar-refractivity contribution in [2.75, 3.05) is 24.5 Å². The molecule has 1 aliphatic rings. The smallest absolute Gasteiger partial charge is 0.225 e. The molecule has 1 atom stereocenters. The predicted molar refractivity (Wildman–Crippen MR) is 82.7 cm³/mol. The van der Waals surface area contributed by atoms with Crippen molar-refractivity contribution in [2.45, 2.75) is 33.7 Å². The van der Waals surface area contributed by atoms with Crippen molar-refractivity contribution in [3.8, 4) is 0 Å². The number of rotatable bonds is 5. The Hall–Kier alpha value is -1.55. The van der Waals surface area contributed by atoms with Gasteiger partial charge in [-0.15, -0.1) is 0 Å². The molecule has 110 valence electrons. The number of amides is 1. The summed E-state index contributed by atoms with van der Waals surface area (Å²) in [5, 5.41) is 3.33. The van der Waals surface area contributed by atoms with E-state index in [1.807, 2.05) is 6.92 Å². The zero-order chi connectivity index (χ0) is 14.8. The minimum Gasteiger partial charge on any atom is -0.370 e. The van der Waals surface area contributed by atoms with Crippen LogP contribution in [0.2, 0.25) is 0 Å². The summed E-state index contributed by atoms with van der Waals surface area (Å²) >= 11 is 0. The minimum absolute atomic E-state index is 0.193. The lowest BCUT2D eigenvalue weighted by Gasteiger charge is -2.24. The van der Waals surface area contributed by atoms with E-state index in [4.69, 9.17) is 5.73 Å². The standard InChI is InChI=1S/C16H25N3O/c1-4-18-10-13-5-6-14(12(2)9-13)19-8-7-16(3,11-19)15(17)20/h5-6,9,18H,4,7-8,10-11H2,1-3H3,(H2,17,20). The lowest BCUT2D eigenvalue weighted by atomic mass is 9.89. The zero-order valence-electron chi connectivity index (χ0n) is 12.7. The van der Waals surface area contributed by atoms with E-state index >= 15 is 0 Å². The fourth-order valence-electron chi connectivity index (χ4n) is 2.82. The summed E-state index contributed by atoms with van der Waals surface area (Å²) < 4.78 is 0. The molecule has 1 saturated heterocycles. The first kappa shape index (κ1) is 14.9. The van der Waals surface area contributed by atoms with E-state index in [1.165, 1.54) is 16.8 Å². The summed E-state index contributed by atoms with van der Waals surface area (Å²) in [7, 11) is 0. The molecule has 0 radical (unpaired) electrons. The van der Waals surface area contributed by atoms with Crippen LogP contribution in [0.15, 0.2) is 18.2 Å². The van der Waals surface area contributed by atoms with Crippen LogP contribution in [0.1, 0.15) is 31.4 Å². The van der Waals surface area contributed by atoms with Gasteiger partial charge >= 0.3 is 0 Å². The third-order valence-corrected chi connectivity index (χ3v) is 4.25. The molecule has 0 aromatic heterocycles. The van der Waals surface area contributed by atoms with Gasteiger partial charge in [-0.3, -0.25) is 4.79 Å². The molecule has 1 unspecified atom stereocenters. The maximum atomic E-state index is 11.5. The third kappa shape index (κ3) is 2.96. The number of nitrogens with one attached hydrogen (secondary N) is 1. The predicted octanol–water partition coefficient (Wildman–Crippen LogP) is 1.81. The second kappa shape index (κ2) is 5.83. The number of carbonyl (C=O) groups is 1. The second-order valence-electron chi connectivity index (χ2n) is 6.00. The van der Waals surface area contributed by atoms with Crippen molar-refractivity contribution in [1.82, 2.24) is 5.32 Å². The van der Waals surface area contributed by atoms with Crippen LogP contribution in [0, 0.1) is 12.3 Å². The quantitative estimate of drug-likeness (QED) is 0.861. The molecule has 1 heterocycles. The monoisotopic (exact) mass is 275 g/mol. The molecule has 2 rings (SSSR count). The van der Waals surface area contributed by atoms with E-state index in [2.05, 4.69) is 42.3 Å². The molecule has 4 nitrogen and oxygen atoms in total. The summed E-state index contributed by atoms with van der Waals surface area (Å²) in [6.07, 6.45) is 0.834. The molecule has 4 heteroatoms. The maximum absolute atomic E-state index is 11.5. The molecule has 1 aliphatic heterocycles. The van der Waals surface area contributed by atoms with Crippen molar-refractivity contribution in [3.63, 3.8) is 0 Å². The minimum atomic E-state index is -0.394. The number of aryl methyl sites for hydroxylation is 1. The van der Waals surface area contributed by atoms with Crippen LogP contribution < -0.4 is 16.0 Å². The highest BCUT2D eigenvalue weighted by Gasteiger charge is 2.39. The van der Waals surface area contributed by atoms with Gasteiger partial charge in [0.2, 0.25) is 5.91 Å². The highest BCUT2D eigenvalue weighted by Crippen LogP contribution is 2.34. The second-order valence-corrected chi connectivity index (χ2v) is 6.00. The lowest BCUT2D eigenvalue weighted by molar-refractivity contribution is -0.125. The van der Waals surface area contributed by atoms with Crippen molar-refractivity contribution in [2.24, 2.45) is 11.1 Å². The Balaban J connectivity index is 2.12. The van der Waals surface area contributed by atoms with Gasteiger partial charge in [0, 0.05) is 25.3 Å².